The second-order valence-corrected chi connectivity index (χ2v) is 10.9. The zero-order valence-electron chi connectivity index (χ0n) is 18.3. The Morgan fingerprint density at radius 3 is 2.55 bits per heavy atom. The zero-order valence-corrected chi connectivity index (χ0v) is 21.3. The van der Waals surface area contributed by atoms with Gasteiger partial charge in [-0.25, -0.2) is 3.53 Å². The number of hydrogen-bond acceptors (Lipinski definition) is 6. The van der Waals surface area contributed by atoms with Crippen LogP contribution in [0.4, 0.5) is 0 Å². The van der Waals surface area contributed by atoms with Crippen molar-refractivity contribution in [2.24, 2.45) is 10.4 Å². The van der Waals surface area contributed by atoms with E-state index in [1.807, 2.05) is 61.3 Å². The summed E-state index contributed by atoms with van der Waals surface area (Å²) < 4.78 is 3.04. The minimum absolute atomic E-state index is 0.159. The number of nitrogens with zero attached hydrogens (tertiary/aromatic N) is 2. The summed E-state index contributed by atoms with van der Waals surface area (Å²) in [5.74, 6) is -0.392. The highest BCUT2D eigenvalue weighted by atomic mass is 127. The van der Waals surface area contributed by atoms with Crippen molar-refractivity contribution in [2.45, 2.75) is 70.1 Å². The molecular formula is C22H31IN4O3S. The standard InChI is InChI=1S/C22H31IN4O3S/c1-13-18(31-12-25-13)15-7-5-14(6-8-15)10-24-20(29)17-9-16(28)11-27(17)21(30)19(26-23)22(2,3)4/h5-8,12-13,16-19,26,28H,9-11H2,1-4H3,(H,24,29)/t13?,16-,17+,18?,19-/m1/s1. The highest BCUT2D eigenvalue weighted by Crippen LogP contribution is 2.36. The molecule has 2 aliphatic rings. The van der Waals surface area contributed by atoms with Crippen LogP contribution in [0.5, 0.6) is 0 Å². The van der Waals surface area contributed by atoms with Crippen LogP contribution in [0, 0.1) is 5.41 Å². The van der Waals surface area contributed by atoms with E-state index in [1.165, 1.54) is 10.5 Å². The summed E-state index contributed by atoms with van der Waals surface area (Å²) in [6, 6.07) is 7.36. The SMILES string of the molecule is CC1N=CSC1c1ccc(CNC(=O)[C@@H]2C[C@@H](O)CN2C(=O)[C@@H](NI)C(C)(C)C)cc1. The summed E-state index contributed by atoms with van der Waals surface area (Å²) >= 11 is 3.70. The van der Waals surface area contributed by atoms with E-state index in [0.717, 1.165) is 5.56 Å². The molecule has 0 aromatic heterocycles. The summed E-state index contributed by atoms with van der Waals surface area (Å²) in [4.78, 5) is 31.9. The lowest BCUT2D eigenvalue weighted by Gasteiger charge is -2.34. The number of thioether (sulfide) groups is 1. The number of rotatable bonds is 6. The summed E-state index contributed by atoms with van der Waals surface area (Å²) in [6.45, 7) is 8.59. The molecule has 2 aliphatic heterocycles. The lowest BCUT2D eigenvalue weighted by atomic mass is 9.86. The number of aliphatic imine (C=N–C) groups is 1. The fourth-order valence-electron chi connectivity index (χ4n) is 3.93. The van der Waals surface area contributed by atoms with Gasteiger partial charge in [-0.15, -0.1) is 11.8 Å². The molecule has 3 N–H and O–H groups in total. The van der Waals surface area contributed by atoms with Crippen molar-refractivity contribution < 1.29 is 14.7 Å². The maximum absolute atomic E-state index is 13.1. The predicted octanol–water partition coefficient (Wildman–Crippen LogP) is 2.82. The molecule has 1 aromatic carbocycles. The topological polar surface area (TPSA) is 94.0 Å². The van der Waals surface area contributed by atoms with E-state index in [-0.39, 0.29) is 36.2 Å². The zero-order chi connectivity index (χ0) is 22.8. The smallest absolute Gasteiger partial charge is 0.243 e. The minimum Gasteiger partial charge on any atom is -0.391 e. The molecule has 5 atom stereocenters. The second kappa shape index (κ2) is 10.2. The lowest BCUT2D eigenvalue weighted by molar-refractivity contribution is -0.141. The minimum atomic E-state index is -0.693. The number of β-amino-alcohol motifs (C(OH)–C–C–N with tert-alkyl or cyclic N) is 1. The average Bonchev–Trinajstić information content (AvgIpc) is 3.31. The number of carbonyl (C=O) groups excluding carboxylic acids is 2. The first kappa shape index (κ1) is 24.5. The number of amides is 2. The van der Waals surface area contributed by atoms with Gasteiger partial charge >= 0.3 is 0 Å². The van der Waals surface area contributed by atoms with Crippen LogP contribution in [0.25, 0.3) is 0 Å². The van der Waals surface area contributed by atoms with Crippen LogP contribution < -0.4 is 8.85 Å². The first-order chi connectivity index (χ1) is 14.6. The molecule has 0 radical (unpaired) electrons. The van der Waals surface area contributed by atoms with Gasteiger partial charge in [-0.05, 0) is 23.5 Å². The molecule has 2 heterocycles. The number of likely N-dealkylation sites (tertiary alicyclic amines) is 1. The van der Waals surface area contributed by atoms with Crippen molar-refractivity contribution in [3.8, 4) is 0 Å². The molecular weight excluding hydrogens is 527 g/mol. The largest absolute Gasteiger partial charge is 0.391 e. The quantitative estimate of drug-likeness (QED) is 0.369. The van der Waals surface area contributed by atoms with Gasteiger partial charge in [0.05, 0.1) is 22.9 Å². The van der Waals surface area contributed by atoms with Crippen LogP contribution >= 0.6 is 34.6 Å². The Hall–Kier alpha value is -1.17. The van der Waals surface area contributed by atoms with E-state index in [0.29, 0.717) is 11.8 Å². The van der Waals surface area contributed by atoms with E-state index in [1.54, 1.807) is 11.8 Å². The number of benzene rings is 1. The number of aliphatic hydroxyl groups excluding tert-OH is 1. The Morgan fingerprint density at radius 1 is 1.32 bits per heavy atom. The van der Waals surface area contributed by atoms with Gasteiger partial charge in [-0.1, -0.05) is 45.0 Å². The van der Waals surface area contributed by atoms with Crippen LogP contribution in [-0.2, 0) is 16.1 Å². The Labute approximate surface area is 202 Å². The highest BCUT2D eigenvalue weighted by molar-refractivity contribution is 14.1. The van der Waals surface area contributed by atoms with Crippen molar-refractivity contribution in [1.29, 1.82) is 0 Å². The van der Waals surface area contributed by atoms with E-state index < -0.39 is 18.2 Å². The predicted molar refractivity (Wildman–Crippen MR) is 133 cm³/mol. The summed E-state index contributed by atoms with van der Waals surface area (Å²) in [5, 5.41) is 13.4. The third-order valence-electron chi connectivity index (χ3n) is 5.80. The van der Waals surface area contributed by atoms with Crippen LogP contribution in [0.3, 0.4) is 0 Å². The van der Waals surface area contributed by atoms with Crippen molar-refractivity contribution in [1.82, 2.24) is 13.7 Å². The van der Waals surface area contributed by atoms with E-state index >= 15 is 0 Å². The molecule has 170 valence electrons. The number of carbonyl (C=O) groups is 2. The van der Waals surface area contributed by atoms with Crippen LogP contribution in [0.15, 0.2) is 29.3 Å². The highest BCUT2D eigenvalue weighted by Gasteiger charge is 2.43. The molecule has 7 nitrogen and oxygen atoms in total. The molecule has 9 heteroatoms. The Kier molecular flexibility index (Phi) is 8.04. The molecule has 1 fully saturated rings. The summed E-state index contributed by atoms with van der Waals surface area (Å²) in [6.07, 6.45) is -0.437. The Balaban J connectivity index is 1.61. The normalized spacial score (nSPS) is 26.8. The molecule has 1 aromatic rings. The van der Waals surface area contributed by atoms with Gasteiger partial charge in [-0.3, -0.25) is 14.6 Å². The molecule has 0 spiro atoms. The number of nitrogens with one attached hydrogen (secondary N) is 2. The lowest BCUT2D eigenvalue weighted by Crippen LogP contribution is -2.54. The van der Waals surface area contributed by atoms with E-state index in [2.05, 4.69) is 32.9 Å². The number of hydrogen-bond donors (Lipinski definition) is 3. The van der Waals surface area contributed by atoms with Crippen molar-refractivity contribution >= 4 is 52.0 Å². The third kappa shape index (κ3) is 5.80. The average molecular weight is 558 g/mol. The molecule has 3 rings (SSSR count). The van der Waals surface area contributed by atoms with Crippen LogP contribution in [0.1, 0.15) is 50.5 Å². The van der Waals surface area contributed by atoms with Crippen molar-refractivity contribution in [2.75, 3.05) is 6.54 Å². The van der Waals surface area contributed by atoms with Crippen molar-refractivity contribution in [3.05, 3.63) is 35.4 Å². The molecule has 2 unspecified atom stereocenters. The monoisotopic (exact) mass is 558 g/mol. The van der Waals surface area contributed by atoms with Crippen molar-refractivity contribution in [3.63, 3.8) is 0 Å². The second-order valence-electron chi connectivity index (χ2n) is 9.32. The molecule has 1 saturated heterocycles. The van der Waals surface area contributed by atoms with Gasteiger partial charge in [0.2, 0.25) is 11.8 Å². The molecule has 0 aliphatic carbocycles. The molecule has 2 amide bonds. The van der Waals surface area contributed by atoms with Gasteiger partial charge in [-0.2, -0.15) is 0 Å². The summed E-state index contributed by atoms with van der Waals surface area (Å²) in [7, 11) is 0. The van der Waals surface area contributed by atoms with Gasteiger partial charge in [0.15, 0.2) is 0 Å². The first-order valence-electron chi connectivity index (χ1n) is 10.5. The van der Waals surface area contributed by atoms with Gasteiger partial charge in [0.25, 0.3) is 0 Å². The third-order valence-corrected chi connectivity index (χ3v) is 7.63. The van der Waals surface area contributed by atoms with E-state index in [4.69, 9.17) is 0 Å². The van der Waals surface area contributed by atoms with Crippen LogP contribution in [0.2, 0.25) is 0 Å². The number of halogens is 1. The number of aliphatic hydroxyl groups is 1. The van der Waals surface area contributed by atoms with Crippen LogP contribution in [-0.4, -0.2) is 58.1 Å². The van der Waals surface area contributed by atoms with E-state index in [9.17, 15) is 14.7 Å². The van der Waals surface area contributed by atoms with Gasteiger partial charge in [0, 0.05) is 42.4 Å². The first-order valence-corrected chi connectivity index (χ1v) is 12.5. The Morgan fingerprint density at radius 2 is 2.00 bits per heavy atom. The molecule has 0 bridgehead atoms. The Bertz CT molecular complexity index is 827. The van der Waals surface area contributed by atoms with Gasteiger partial charge in [0.1, 0.15) is 12.1 Å². The molecule has 0 saturated carbocycles. The maximum atomic E-state index is 13.1. The fourth-order valence-corrected chi connectivity index (χ4v) is 6.14. The molecule has 31 heavy (non-hydrogen) atoms. The van der Waals surface area contributed by atoms with Gasteiger partial charge < -0.3 is 15.3 Å². The maximum Gasteiger partial charge on any atom is 0.243 e. The summed E-state index contributed by atoms with van der Waals surface area (Å²) in [5.41, 5.74) is 3.81. The fraction of sp³-hybridized carbons (Fsp3) is 0.591.